The molecule has 0 aromatic heterocycles. The average Bonchev–Trinajstić information content (AvgIpc) is 2.52. The van der Waals surface area contributed by atoms with E-state index in [1.165, 1.54) is 13.2 Å². The van der Waals surface area contributed by atoms with E-state index in [9.17, 15) is 9.90 Å². The van der Waals surface area contributed by atoms with E-state index < -0.39 is 0 Å². The number of phenols is 1. The molecule has 5 heteroatoms. The molecule has 2 aromatic rings. The van der Waals surface area contributed by atoms with Gasteiger partial charge in [-0.05, 0) is 24.3 Å². The number of hydrogen-bond acceptors (Lipinski definition) is 4. The number of aromatic hydroxyl groups is 1. The van der Waals surface area contributed by atoms with Crippen molar-refractivity contribution in [3.8, 4) is 11.5 Å². The van der Waals surface area contributed by atoms with Gasteiger partial charge in [-0.1, -0.05) is 24.8 Å². The number of hydrogen-bond donors (Lipinski definition) is 3. The Labute approximate surface area is 122 Å². The van der Waals surface area contributed by atoms with Gasteiger partial charge in [-0.3, -0.25) is 15.6 Å². The van der Waals surface area contributed by atoms with Crippen LogP contribution >= 0.6 is 0 Å². The van der Waals surface area contributed by atoms with Crippen LogP contribution in [0.4, 0.5) is 0 Å². The molecular weight excluding hydrogens is 268 g/mol. The van der Waals surface area contributed by atoms with Crippen molar-refractivity contribution in [2.45, 2.75) is 0 Å². The molecule has 0 bridgehead atoms. The van der Waals surface area contributed by atoms with Crippen molar-refractivity contribution in [3.05, 3.63) is 66.2 Å². The first kappa shape index (κ1) is 14.5. The highest BCUT2D eigenvalue weighted by molar-refractivity contribution is 5.94. The fraction of sp³-hybridized carbons (Fsp3) is 0.0625. The molecule has 0 unspecified atom stereocenters. The van der Waals surface area contributed by atoms with E-state index in [2.05, 4.69) is 17.4 Å². The number of hydrazine groups is 1. The smallest absolute Gasteiger partial charge is 0.269 e. The predicted molar refractivity (Wildman–Crippen MR) is 80.7 cm³/mol. The minimum atomic E-state index is -0.287. The highest BCUT2D eigenvalue weighted by Gasteiger charge is 2.08. The maximum absolute atomic E-state index is 11.9. The number of ether oxygens (including phenoxy) is 1. The molecule has 1 amide bonds. The summed E-state index contributed by atoms with van der Waals surface area (Å²) in [6.07, 6.45) is 0. The lowest BCUT2D eigenvalue weighted by molar-refractivity contribution is 0.0942. The number of benzene rings is 2. The fourth-order valence-corrected chi connectivity index (χ4v) is 1.75. The summed E-state index contributed by atoms with van der Waals surface area (Å²) in [6, 6.07) is 13.6. The van der Waals surface area contributed by atoms with Gasteiger partial charge in [0.15, 0.2) is 0 Å². The molecule has 0 fully saturated rings. The first-order valence-corrected chi connectivity index (χ1v) is 6.29. The van der Waals surface area contributed by atoms with Gasteiger partial charge in [-0.2, -0.15) is 0 Å². The summed E-state index contributed by atoms with van der Waals surface area (Å²) in [7, 11) is 1.52. The summed E-state index contributed by atoms with van der Waals surface area (Å²) in [4.78, 5) is 11.9. The quantitative estimate of drug-likeness (QED) is 0.737. The molecule has 3 N–H and O–H groups in total. The molecule has 0 aliphatic carbocycles. The molecular formula is C16H16N2O3. The van der Waals surface area contributed by atoms with Crippen LogP contribution in [0, 0.1) is 0 Å². The predicted octanol–water partition coefficient (Wildman–Crippen LogP) is 2.31. The zero-order chi connectivity index (χ0) is 15.2. The number of rotatable bonds is 5. The van der Waals surface area contributed by atoms with Crippen molar-refractivity contribution in [1.29, 1.82) is 0 Å². The van der Waals surface area contributed by atoms with Gasteiger partial charge in [0, 0.05) is 17.2 Å². The number of amides is 1. The number of carbonyl (C=O) groups is 1. The third-order valence-corrected chi connectivity index (χ3v) is 2.89. The van der Waals surface area contributed by atoms with Gasteiger partial charge in [0.2, 0.25) is 0 Å². The maximum Gasteiger partial charge on any atom is 0.269 e. The summed E-state index contributed by atoms with van der Waals surface area (Å²) in [5.74, 6) is 0.267. The summed E-state index contributed by atoms with van der Waals surface area (Å²) in [5, 5.41) is 9.88. The SMILES string of the molecule is C=C(NNC(=O)c1ccccc1)c1ccc(OC)cc1O. The van der Waals surface area contributed by atoms with Crippen LogP contribution in [0.15, 0.2) is 55.1 Å². The summed E-state index contributed by atoms with van der Waals surface area (Å²) in [5.41, 5.74) is 6.58. The second kappa shape index (κ2) is 6.47. The number of nitrogens with one attached hydrogen (secondary N) is 2. The molecule has 0 atom stereocenters. The Morgan fingerprint density at radius 3 is 2.48 bits per heavy atom. The normalized spacial score (nSPS) is 9.76. The largest absolute Gasteiger partial charge is 0.507 e. The molecule has 2 aromatic carbocycles. The van der Waals surface area contributed by atoms with Gasteiger partial charge in [0.05, 0.1) is 12.8 Å². The van der Waals surface area contributed by atoms with Gasteiger partial charge in [-0.25, -0.2) is 0 Å². The van der Waals surface area contributed by atoms with E-state index in [0.717, 1.165) is 0 Å². The third-order valence-electron chi connectivity index (χ3n) is 2.89. The topological polar surface area (TPSA) is 70.6 Å². The molecule has 0 spiro atoms. The minimum Gasteiger partial charge on any atom is -0.507 e. The Bertz CT molecular complexity index is 654. The van der Waals surface area contributed by atoms with E-state index in [-0.39, 0.29) is 11.7 Å². The molecule has 108 valence electrons. The van der Waals surface area contributed by atoms with Gasteiger partial charge >= 0.3 is 0 Å². The highest BCUT2D eigenvalue weighted by Crippen LogP contribution is 2.26. The zero-order valence-electron chi connectivity index (χ0n) is 11.6. The highest BCUT2D eigenvalue weighted by atomic mass is 16.5. The molecule has 21 heavy (non-hydrogen) atoms. The standard InChI is InChI=1S/C16H16N2O3/c1-11(14-9-8-13(21-2)10-15(14)19)17-18-16(20)12-6-4-3-5-7-12/h3-10,17,19H,1H2,2H3,(H,18,20). The molecule has 0 saturated carbocycles. The molecule has 0 aliphatic heterocycles. The van der Waals surface area contributed by atoms with Crippen molar-refractivity contribution < 1.29 is 14.6 Å². The van der Waals surface area contributed by atoms with Crippen LogP contribution < -0.4 is 15.6 Å². The van der Waals surface area contributed by atoms with Crippen molar-refractivity contribution in [1.82, 2.24) is 10.9 Å². The number of carbonyl (C=O) groups excluding carboxylic acids is 1. The Morgan fingerprint density at radius 2 is 1.86 bits per heavy atom. The van der Waals surface area contributed by atoms with Crippen LogP contribution in [0.2, 0.25) is 0 Å². The molecule has 0 radical (unpaired) electrons. The second-order valence-electron chi connectivity index (χ2n) is 4.31. The first-order chi connectivity index (χ1) is 10.1. The Balaban J connectivity index is 2.01. The lowest BCUT2D eigenvalue weighted by atomic mass is 10.1. The number of phenolic OH excluding ortho intramolecular Hbond substituents is 1. The van der Waals surface area contributed by atoms with Crippen LogP contribution in [0.3, 0.4) is 0 Å². The lowest BCUT2D eigenvalue weighted by Gasteiger charge is -2.13. The zero-order valence-corrected chi connectivity index (χ0v) is 11.6. The first-order valence-electron chi connectivity index (χ1n) is 6.29. The van der Waals surface area contributed by atoms with Gasteiger partial charge in [-0.15, -0.1) is 0 Å². The van der Waals surface area contributed by atoms with Crippen LogP contribution in [-0.4, -0.2) is 18.1 Å². The van der Waals surface area contributed by atoms with Crippen LogP contribution in [-0.2, 0) is 0 Å². The van der Waals surface area contributed by atoms with Gasteiger partial charge in [0.25, 0.3) is 5.91 Å². The van der Waals surface area contributed by atoms with Crippen molar-refractivity contribution >= 4 is 11.6 Å². The minimum absolute atomic E-state index is 0.0146. The van der Waals surface area contributed by atoms with E-state index >= 15 is 0 Å². The summed E-state index contributed by atoms with van der Waals surface area (Å²) < 4.78 is 5.01. The molecule has 5 nitrogen and oxygen atoms in total. The van der Waals surface area contributed by atoms with Crippen molar-refractivity contribution in [2.24, 2.45) is 0 Å². The van der Waals surface area contributed by atoms with Crippen LogP contribution in [0.25, 0.3) is 5.70 Å². The number of methoxy groups -OCH3 is 1. The van der Waals surface area contributed by atoms with Gasteiger partial charge < -0.3 is 9.84 Å². The lowest BCUT2D eigenvalue weighted by Crippen LogP contribution is -2.35. The Kier molecular flexibility index (Phi) is 4.46. The van der Waals surface area contributed by atoms with Crippen molar-refractivity contribution in [3.63, 3.8) is 0 Å². The summed E-state index contributed by atoms with van der Waals surface area (Å²) >= 11 is 0. The molecule has 0 heterocycles. The van der Waals surface area contributed by atoms with E-state index in [4.69, 9.17) is 4.74 Å². The molecule has 2 rings (SSSR count). The summed E-state index contributed by atoms with van der Waals surface area (Å²) in [6.45, 7) is 3.78. The monoisotopic (exact) mass is 284 g/mol. The van der Waals surface area contributed by atoms with Crippen LogP contribution in [0.1, 0.15) is 15.9 Å². The van der Waals surface area contributed by atoms with E-state index in [1.807, 2.05) is 6.07 Å². The molecule has 0 saturated heterocycles. The average molecular weight is 284 g/mol. The van der Waals surface area contributed by atoms with Crippen LogP contribution in [0.5, 0.6) is 11.5 Å². The van der Waals surface area contributed by atoms with Crippen molar-refractivity contribution in [2.75, 3.05) is 7.11 Å². The van der Waals surface area contributed by atoms with E-state index in [0.29, 0.717) is 22.6 Å². The third kappa shape index (κ3) is 3.54. The Hall–Kier alpha value is -2.95. The maximum atomic E-state index is 11.9. The Morgan fingerprint density at radius 1 is 1.14 bits per heavy atom. The molecule has 0 aliphatic rings. The fourth-order valence-electron chi connectivity index (χ4n) is 1.75. The van der Waals surface area contributed by atoms with E-state index in [1.54, 1.807) is 36.4 Å². The second-order valence-corrected chi connectivity index (χ2v) is 4.31. The van der Waals surface area contributed by atoms with Gasteiger partial charge in [0.1, 0.15) is 11.5 Å².